The maximum Gasteiger partial charge on any atom is 0.293 e. The second-order valence-electron chi connectivity index (χ2n) is 7.91. The molecule has 0 radical (unpaired) electrons. The number of nitrogens with zero attached hydrogens (tertiary/aromatic N) is 4. The molecule has 1 aliphatic rings. The average molecular weight is 463 g/mol. The van der Waals surface area contributed by atoms with E-state index in [-0.39, 0.29) is 11.3 Å². The van der Waals surface area contributed by atoms with Gasteiger partial charge in [0, 0.05) is 47.9 Å². The molecule has 176 valence electrons. The number of ether oxygens (including phenoxy) is 1. The van der Waals surface area contributed by atoms with E-state index in [4.69, 9.17) is 4.74 Å². The number of aryl methyl sites for hydroxylation is 2. The number of hydrogen-bond acceptors (Lipinski definition) is 8. The number of aromatic nitrogens is 2. The molecule has 0 saturated carbocycles. The zero-order valence-electron chi connectivity index (χ0n) is 19.1. The van der Waals surface area contributed by atoms with Crippen molar-refractivity contribution in [2.45, 2.75) is 20.3 Å². The third kappa shape index (κ3) is 5.29. The quantitative estimate of drug-likeness (QED) is 0.398. The van der Waals surface area contributed by atoms with Crippen LogP contribution in [0.1, 0.15) is 28.5 Å². The Morgan fingerprint density at radius 1 is 1.15 bits per heavy atom. The Morgan fingerprint density at radius 3 is 2.65 bits per heavy atom. The SMILES string of the molecule is CCc1ccc(Nc2cc(C)ncn2)cc1NC(=O)c1ccc(N2CCOCC2)c([N+](=O)[O-])c1. The number of anilines is 4. The molecule has 4 rings (SSSR count). The number of carbonyl (C=O) groups excluding carboxylic acids is 1. The standard InChI is InChI=1S/C24H26N6O4/c1-3-17-4-6-19(27-23-12-16(2)25-15-26-23)14-20(17)28-24(31)18-5-7-21(22(13-18)30(32)33)29-8-10-34-11-9-29/h4-7,12-15H,3,8-11H2,1-2H3,(H,28,31)(H,25,26,27). The first kappa shape index (κ1) is 23.1. The lowest BCUT2D eigenvalue weighted by Crippen LogP contribution is -2.36. The van der Waals surface area contributed by atoms with E-state index in [9.17, 15) is 14.9 Å². The first-order valence-corrected chi connectivity index (χ1v) is 11.1. The molecule has 10 heteroatoms. The third-order valence-corrected chi connectivity index (χ3v) is 5.60. The maximum atomic E-state index is 13.1. The van der Waals surface area contributed by atoms with Gasteiger partial charge in [0.05, 0.1) is 18.1 Å². The Labute approximate surface area is 197 Å². The van der Waals surface area contributed by atoms with Gasteiger partial charge in [-0.05, 0) is 43.2 Å². The van der Waals surface area contributed by atoms with Gasteiger partial charge < -0.3 is 20.3 Å². The topological polar surface area (TPSA) is 123 Å². The summed E-state index contributed by atoms with van der Waals surface area (Å²) in [6, 6.07) is 12.1. The highest BCUT2D eigenvalue weighted by Gasteiger charge is 2.23. The Morgan fingerprint density at radius 2 is 1.94 bits per heavy atom. The molecule has 0 spiro atoms. The molecule has 34 heavy (non-hydrogen) atoms. The van der Waals surface area contributed by atoms with Crippen LogP contribution < -0.4 is 15.5 Å². The molecule has 0 atom stereocenters. The summed E-state index contributed by atoms with van der Waals surface area (Å²) in [6.45, 7) is 6.03. The number of nitro benzene ring substituents is 1. The van der Waals surface area contributed by atoms with Crippen LogP contribution in [-0.4, -0.2) is 47.1 Å². The van der Waals surface area contributed by atoms with E-state index < -0.39 is 10.8 Å². The molecule has 10 nitrogen and oxygen atoms in total. The number of carbonyl (C=O) groups is 1. The van der Waals surface area contributed by atoms with Crippen LogP contribution in [0.2, 0.25) is 0 Å². The van der Waals surface area contributed by atoms with Crippen LogP contribution in [0, 0.1) is 17.0 Å². The predicted octanol–water partition coefficient (Wildman–Crippen LogP) is 4.09. The Hall–Kier alpha value is -4.05. The van der Waals surface area contributed by atoms with Crippen LogP contribution in [0.4, 0.5) is 28.6 Å². The minimum atomic E-state index is -0.451. The first-order valence-electron chi connectivity index (χ1n) is 11.1. The Bertz CT molecular complexity index is 1210. The van der Waals surface area contributed by atoms with Gasteiger partial charge in [0.1, 0.15) is 17.8 Å². The summed E-state index contributed by atoms with van der Waals surface area (Å²) >= 11 is 0. The van der Waals surface area contributed by atoms with Crippen LogP contribution in [-0.2, 0) is 11.2 Å². The van der Waals surface area contributed by atoms with Crippen LogP contribution in [0.3, 0.4) is 0 Å². The number of nitrogens with one attached hydrogen (secondary N) is 2. The molecule has 2 N–H and O–H groups in total. The smallest absolute Gasteiger partial charge is 0.293 e. The molecule has 1 aliphatic heterocycles. The van der Waals surface area contributed by atoms with Gasteiger partial charge in [-0.25, -0.2) is 9.97 Å². The van der Waals surface area contributed by atoms with Crippen LogP contribution in [0.5, 0.6) is 0 Å². The molecule has 0 unspecified atom stereocenters. The summed E-state index contributed by atoms with van der Waals surface area (Å²) in [6.07, 6.45) is 2.19. The van der Waals surface area contributed by atoms with Crippen molar-refractivity contribution in [1.82, 2.24) is 9.97 Å². The molecule has 2 heterocycles. The van der Waals surface area contributed by atoms with Crippen molar-refractivity contribution >= 4 is 34.5 Å². The lowest BCUT2D eigenvalue weighted by atomic mass is 10.1. The van der Waals surface area contributed by atoms with E-state index in [0.29, 0.717) is 49.9 Å². The number of morpholine rings is 1. The highest BCUT2D eigenvalue weighted by atomic mass is 16.6. The number of amides is 1. The summed E-state index contributed by atoms with van der Waals surface area (Å²) in [5.74, 6) is 0.227. The van der Waals surface area contributed by atoms with E-state index >= 15 is 0 Å². The molecule has 1 amide bonds. The van der Waals surface area contributed by atoms with Crippen molar-refractivity contribution < 1.29 is 14.5 Å². The fraction of sp³-hybridized carbons (Fsp3) is 0.292. The van der Waals surface area contributed by atoms with E-state index in [0.717, 1.165) is 16.9 Å². The summed E-state index contributed by atoms with van der Waals surface area (Å²) < 4.78 is 5.34. The van der Waals surface area contributed by atoms with Gasteiger partial charge in [0.2, 0.25) is 0 Å². The lowest BCUT2D eigenvalue weighted by molar-refractivity contribution is -0.384. The molecule has 1 fully saturated rings. The Kier molecular flexibility index (Phi) is 6.98. The van der Waals surface area contributed by atoms with Crippen LogP contribution >= 0.6 is 0 Å². The van der Waals surface area contributed by atoms with Crippen molar-refractivity contribution in [2.75, 3.05) is 41.8 Å². The number of nitro groups is 1. The van der Waals surface area contributed by atoms with Crippen molar-refractivity contribution in [3.05, 3.63) is 75.7 Å². The zero-order chi connectivity index (χ0) is 24.1. The van der Waals surface area contributed by atoms with Gasteiger partial charge in [0.15, 0.2) is 0 Å². The van der Waals surface area contributed by atoms with Gasteiger partial charge in [-0.15, -0.1) is 0 Å². The van der Waals surface area contributed by atoms with E-state index in [2.05, 4.69) is 20.6 Å². The molecule has 0 bridgehead atoms. The first-order chi connectivity index (χ1) is 16.4. The normalized spacial score (nSPS) is 13.4. The molecule has 3 aromatic rings. The second kappa shape index (κ2) is 10.3. The molecule has 2 aromatic carbocycles. The number of hydrogen-bond donors (Lipinski definition) is 2. The molecular formula is C24H26N6O4. The molecule has 1 aromatic heterocycles. The molecular weight excluding hydrogens is 436 g/mol. The average Bonchev–Trinajstić information content (AvgIpc) is 2.84. The van der Waals surface area contributed by atoms with Crippen molar-refractivity contribution in [2.24, 2.45) is 0 Å². The van der Waals surface area contributed by atoms with Crippen molar-refractivity contribution in [3.8, 4) is 0 Å². The fourth-order valence-electron chi connectivity index (χ4n) is 3.83. The van der Waals surface area contributed by atoms with Crippen molar-refractivity contribution in [3.63, 3.8) is 0 Å². The summed E-state index contributed by atoms with van der Waals surface area (Å²) in [5.41, 5.74) is 3.76. The van der Waals surface area contributed by atoms with Crippen LogP contribution in [0.15, 0.2) is 48.8 Å². The minimum absolute atomic E-state index is 0.0974. The minimum Gasteiger partial charge on any atom is -0.378 e. The zero-order valence-corrected chi connectivity index (χ0v) is 19.1. The summed E-state index contributed by atoms with van der Waals surface area (Å²) in [5, 5.41) is 17.9. The lowest BCUT2D eigenvalue weighted by Gasteiger charge is -2.28. The fourth-order valence-corrected chi connectivity index (χ4v) is 3.83. The third-order valence-electron chi connectivity index (χ3n) is 5.60. The van der Waals surface area contributed by atoms with Gasteiger partial charge in [-0.1, -0.05) is 13.0 Å². The van der Waals surface area contributed by atoms with E-state index in [1.54, 1.807) is 12.1 Å². The second-order valence-corrected chi connectivity index (χ2v) is 7.91. The monoisotopic (exact) mass is 462 g/mol. The maximum absolute atomic E-state index is 13.1. The highest BCUT2D eigenvalue weighted by molar-refractivity contribution is 6.05. The largest absolute Gasteiger partial charge is 0.378 e. The molecule has 1 saturated heterocycles. The van der Waals surface area contributed by atoms with Crippen molar-refractivity contribution in [1.29, 1.82) is 0 Å². The Balaban J connectivity index is 1.57. The predicted molar refractivity (Wildman–Crippen MR) is 130 cm³/mol. The van der Waals surface area contributed by atoms with Crippen LogP contribution in [0.25, 0.3) is 0 Å². The number of benzene rings is 2. The van der Waals surface area contributed by atoms with E-state index in [1.807, 2.05) is 43.0 Å². The molecule has 0 aliphatic carbocycles. The summed E-state index contributed by atoms with van der Waals surface area (Å²) in [7, 11) is 0. The van der Waals surface area contributed by atoms with E-state index in [1.165, 1.54) is 12.4 Å². The summed E-state index contributed by atoms with van der Waals surface area (Å²) in [4.78, 5) is 34.5. The van der Waals surface area contributed by atoms with Gasteiger partial charge >= 0.3 is 0 Å². The van der Waals surface area contributed by atoms with Gasteiger partial charge in [0.25, 0.3) is 11.6 Å². The van der Waals surface area contributed by atoms with Gasteiger partial charge in [-0.3, -0.25) is 14.9 Å². The van der Waals surface area contributed by atoms with Gasteiger partial charge in [-0.2, -0.15) is 0 Å². The highest BCUT2D eigenvalue weighted by Crippen LogP contribution is 2.31. The number of rotatable bonds is 7.